The van der Waals surface area contributed by atoms with E-state index < -0.39 is 41.0 Å². The van der Waals surface area contributed by atoms with Gasteiger partial charge in [-0.15, -0.1) is 24.8 Å². The average Bonchev–Trinajstić information content (AvgIpc) is 2.96. The van der Waals surface area contributed by atoms with Gasteiger partial charge < -0.3 is 4.90 Å². The summed E-state index contributed by atoms with van der Waals surface area (Å²) in [6.45, 7) is 1.49. The predicted molar refractivity (Wildman–Crippen MR) is 163 cm³/mol. The van der Waals surface area contributed by atoms with E-state index in [2.05, 4.69) is 9.88 Å². The number of hydrogen-bond acceptors (Lipinski definition) is 3. The zero-order valence-electron chi connectivity index (χ0n) is 23.2. The van der Waals surface area contributed by atoms with Crippen molar-refractivity contribution in [1.29, 1.82) is 0 Å². The van der Waals surface area contributed by atoms with E-state index in [1.807, 2.05) is 66.7 Å². The van der Waals surface area contributed by atoms with Gasteiger partial charge in [0.25, 0.3) is 5.91 Å². The maximum Gasteiger partial charge on any atom is 0.416 e. The predicted octanol–water partition coefficient (Wildman–Crippen LogP) is 8.20. The first-order valence-corrected chi connectivity index (χ1v) is 13.3. The summed E-state index contributed by atoms with van der Waals surface area (Å²) in [7, 11) is 0. The highest BCUT2D eigenvalue weighted by Crippen LogP contribution is 2.37. The van der Waals surface area contributed by atoms with Gasteiger partial charge in [-0.3, -0.25) is 14.7 Å². The fourth-order valence-corrected chi connectivity index (χ4v) is 5.22. The van der Waals surface area contributed by atoms with Crippen LogP contribution in [0.5, 0.6) is 0 Å². The molecule has 1 aliphatic rings. The van der Waals surface area contributed by atoms with Gasteiger partial charge in [-0.2, -0.15) is 26.3 Å². The monoisotopic (exact) mass is 655 g/mol. The van der Waals surface area contributed by atoms with Gasteiger partial charge in [-0.05, 0) is 52.6 Å². The second-order valence-electron chi connectivity index (χ2n) is 10.3. The van der Waals surface area contributed by atoms with Crippen molar-refractivity contribution in [3.63, 3.8) is 0 Å². The van der Waals surface area contributed by atoms with Crippen molar-refractivity contribution >= 4 is 47.6 Å². The van der Waals surface area contributed by atoms with Gasteiger partial charge >= 0.3 is 12.4 Å². The molecule has 1 fully saturated rings. The molecule has 3 aromatic carbocycles. The van der Waals surface area contributed by atoms with Crippen LogP contribution in [0.1, 0.15) is 32.6 Å². The van der Waals surface area contributed by atoms with Gasteiger partial charge in [0, 0.05) is 50.2 Å². The number of alkyl halides is 6. The molecule has 0 aliphatic carbocycles. The van der Waals surface area contributed by atoms with Crippen molar-refractivity contribution in [1.82, 2.24) is 14.8 Å². The van der Waals surface area contributed by atoms with Crippen LogP contribution in [-0.2, 0) is 18.8 Å². The first kappa shape index (κ1) is 34.9. The van der Waals surface area contributed by atoms with Crippen molar-refractivity contribution in [3.8, 4) is 0 Å². The van der Waals surface area contributed by atoms with Crippen LogP contribution in [0.15, 0.2) is 91.3 Å². The molecule has 4 aromatic rings. The molecule has 0 unspecified atom stereocenters. The van der Waals surface area contributed by atoms with Gasteiger partial charge in [0.15, 0.2) is 0 Å². The average molecular weight is 656 g/mol. The molecule has 1 aromatic heterocycles. The van der Waals surface area contributed by atoms with E-state index in [4.69, 9.17) is 0 Å². The highest BCUT2D eigenvalue weighted by molar-refractivity contribution is 5.95. The zero-order valence-corrected chi connectivity index (χ0v) is 24.8. The lowest BCUT2D eigenvalue weighted by Gasteiger charge is -2.41. The second kappa shape index (κ2) is 14.5. The molecule has 0 bridgehead atoms. The molecule has 0 radical (unpaired) electrons. The van der Waals surface area contributed by atoms with Crippen LogP contribution in [0.25, 0.3) is 16.8 Å². The lowest BCUT2D eigenvalue weighted by molar-refractivity contribution is -0.143. The molecule has 4 nitrogen and oxygen atoms in total. The van der Waals surface area contributed by atoms with E-state index in [-0.39, 0.29) is 37.4 Å². The number of carbonyl (C=O) groups excluding carboxylic acids is 1. The fraction of sp³-hybridized carbons (Fsp3) is 0.250. The van der Waals surface area contributed by atoms with Gasteiger partial charge in [-0.1, -0.05) is 60.7 Å². The molecular formula is C32H29Cl2F6N3O. The van der Waals surface area contributed by atoms with E-state index in [1.54, 1.807) is 12.4 Å². The van der Waals surface area contributed by atoms with Crippen LogP contribution in [0.2, 0.25) is 0 Å². The molecule has 1 atom stereocenters. The molecule has 1 aliphatic heterocycles. The molecule has 1 saturated heterocycles. The fourth-order valence-electron chi connectivity index (χ4n) is 5.22. The van der Waals surface area contributed by atoms with Crippen LogP contribution >= 0.6 is 24.8 Å². The van der Waals surface area contributed by atoms with Crippen molar-refractivity contribution in [2.45, 2.75) is 24.8 Å². The summed E-state index contributed by atoms with van der Waals surface area (Å²) < 4.78 is 81.1. The number of halogens is 8. The van der Waals surface area contributed by atoms with Crippen LogP contribution in [0, 0.1) is 0 Å². The summed E-state index contributed by atoms with van der Waals surface area (Å²) in [6, 6.07) is 17.9. The number of piperazine rings is 1. The normalized spacial score (nSPS) is 16.0. The Morgan fingerprint density at radius 1 is 0.841 bits per heavy atom. The maximum atomic E-state index is 13.6. The summed E-state index contributed by atoms with van der Waals surface area (Å²) in [4.78, 5) is 21.2. The zero-order chi connectivity index (χ0) is 29.9. The van der Waals surface area contributed by atoms with Crippen LogP contribution in [0.4, 0.5) is 26.3 Å². The highest BCUT2D eigenvalue weighted by Gasteiger charge is 2.39. The first-order valence-electron chi connectivity index (χ1n) is 13.3. The lowest BCUT2D eigenvalue weighted by Crippen LogP contribution is -2.56. The van der Waals surface area contributed by atoms with Crippen LogP contribution in [-0.4, -0.2) is 52.9 Å². The van der Waals surface area contributed by atoms with Gasteiger partial charge in [-0.25, -0.2) is 0 Å². The number of carbonyl (C=O) groups is 1. The van der Waals surface area contributed by atoms with Crippen molar-refractivity contribution in [2.24, 2.45) is 0 Å². The lowest BCUT2D eigenvalue weighted by atomic mass is 9.97. The Labute approximate surface area is 263 Å². The van der Waals surface area contributed by atoms with Crippen LogP contribution in [0.3, 0.4) is 0 Å². The topological polar surface area (TPSA) is 36.4 Å². The molecule has 2 heterocycles. The molecule has 234 valence electrons. The second-order valence-corrected chi connectivity index (χ2v) is 10.3. The summed E-state index contributed by atoms with van der Waals surface area (Å²) in [5.41, 5.74) is -1.82. The van der Waals surface area contributed by atoms with Gasteiger partial charge in [0.2, 0.25) is 0 Å². The third kappa shape index (κ3) is 8.52. The summed E-state index contributed by atoms with van der Waals surface area (Å²) in [5, 5.41) is 2.02. The molecule has 1 amide bonds. The van der Waals surface area contributed by atoms with Gasteiger partial charge in [0.1, 0.15) is 0 Å². The summed E-state index contributed by atoms with van der Waals surface area (Å²) in [6.07, 6.45) is -2.42. The first-order chi connectivity index (χ1) is 20.0. The van der Waals surface area contributed by atoms with Crippen molar-refractivity contribution in [2.75, 3.05) is 26.2 Å². The van der Waals surface area contributed by atoms with E-state index in [0.717, 1.165) is 21.9 Å². The van der Waals surface area contributed by atoms with Crippen molar-refractivity contribution < 1.29 is 31.1 Å². The Balaban J connectivity index is 0.00000264. The van der Waals surface area contributed by atoms with Crippen molar-refractivity contribution in [3.05, 3.63) is 119 Å². The summed E-state index contributed by atoms with van der Waals surface area (Å²) >= 11 is 0. The Kier molecular flexibility index (Phi) is 11.5. The molecule has 12 heteroatoms. The van der Waals surface area contributed by atoms with E-state index in [9.17, 15) is 31.1 Å². The number of amides is 1. The molecular weight excluding hydrogens is 627 g/mol. The third-order valence-corrected chi connectivity index (χ3v) is 7.31. The minimum atomic E-state index is -5.04. The van der Waals surface area contributed by atoms with Crippen LogP contribution < -0.4 is 0 Å². The number of rotatable bonds is 6. The minimum absolute atomic E-state index is 0. The number of nitrogens with zero attached hydrogens (tertiary/aromatic N) is 3. The number of benzene rings is 3. The summed E-state index contributed by atoms with van der Waals surface area (Å²) in [5.74, 6) is -0.858. The van der Waals surface area contributed by atoms with Gasteiger partial charge in [0.05, 0.1) is 11.1 Å². The number of fused-ring (bicyclic) bond motifs is 1. The maximum absolute atomic E-state index is 13.6. The molecule has 0 saturated carbocycles. The Hall–Kier alpha value is -3.60. The Morgan fingerprint density at radius 2 is 1.52 bits per heavy atom. The minimum Gasteiger partial charge on any atom is -0.333 e. The van der Waals surface area contributed by atoms with E-state index >= 15 is 0 Å². The largest absolute Gasteiger partial charge is 0.416 e. The third-order valence-electron chi connectivity index (χ3n) is 7.31. The number of aromatic nitrogens is 1. The number of hydrogen-bond donors (Lipinski definition) is 0. The molecule has 44 heavy (non-hydrogen) atoms. The number of pyridine rings is 1. The smallest absolute Gasteiger partial charge is 0.333 e. The molecule has 0 spiro atoms. The van der Waals surface area contributed by atoms with E-state index in [0.29, 0.717) is 38.2 Å². The quantitative estimate of drug-likeness (QED) is 0.197. The molecule has 0 N–H and O–H groups in total. The van der Waals surface area contributed by atoms with E-state index in [1.165, 1.54) is 4.90 Å². The standard InChI is InChI=1S/C32H27F6N3O.2ClH/c33-31(34,35)27-17-26(18-28(19-27)32(36,37)38)30(42)41-14-13-40(12-4-6-22-5-3-11-39-20-22)21-29(41)16-23-9-10-24-7-1-2-8-25(24)15-23;;/h1-11,15,17-20,29H,12-14,16,21H2;2*1H/t29-;;/m1../s1. The SMILES string of the molecule is Cl.Cl.O=C(c1cc(C(F)(F)F)cc(C(F)(F)F)c1)N1CCN(CC=Cc2cccnc2)C[C@H]1Cc1ccc2ccccc2c1. The molecule has 5 rings (SSSR count). The Morgan fingerprint density at radius 3 is 2.16 bits per heavy atom. The Bertz CT molecular complexity index is 1560. The highest BCUT2D eigenvalue weighted by atomic mass is 35.5.